The maximum absolute atomic E-state index is 13.1. The summed E-state index contributed by atoms with van der Waals surface area (Å²) < 4.78 is 1.10. The summed E-state index contributed by atoms with van der Waals surface area (Å²) >= 11 is 0. The van der Waals surface area contributed by atoms with E-state index in [1.807, 2.05) is 0 Å². The Morgan fingerprint density at radius 2 is 1.85 bits per heavy atom. The molecule has 0 aromatic heterocycles. The molecule has 4 fully saturated rings. The van der Waals surface area contributed by atoms with Gasteiger partial charge in [-0.05, 0) is 6.42 Å². The molecule has 0 aliphatic carbocycles. The number of carbonyl (C=O) groups is 1. The van der Waals surface area contributed by atoms with Crippen LogP contribution in [0.1, 0.15) is 18.4 Å². The zero-order valence-electron chi connectivity index (χ0n) is 16.0. The third-order valence-electron chi connectivity index (χ3n) is 7.31. The number of hydrogen-bond acceptors (Lipinski definition) is 4. The van der Waals surface area contributed by atoms with E-state index in [2.05, 4.69) is 45.0 Å². The summed E-state index contributed by atoms with van der Waals surface area (Å²) in [4.78, 5) is 20.5. The van der Waals surface area contributed by atoms with Crippen molar-refractivity contribution in [1.82, 2.24) is 14.7 Å². The van der Waals surface area contributed by atoms with Crippen molar-refractivity contribution in [2.45, 2.75) is 31.7 Å². The Hall–Kier alpha value is -1.47. The molecule has 1 unspecified atom stereocenters. The predicted octanol–water partition coefficient (Wildman–Crippen LogP) is 0.531. The molecule has 0 radical (unpaired) electrons. The average Bonchev–Trinajstić information content (AvgIpc) is 2.69. The van der Waals surface area contributed by atoms with Crippen LogP contribution in [0.15, 0.2) is 30.3 Å². The second-order valence-electron chi connectivity index (χ2n) is 8.76. The van der Waals surface area contributed by atoms with Crippen LogP contribution in [0.2, 0.25) is 0 Å². The van der Waals surface area contributed by atoms with E-state index in [-0.39, 0.29) is 24.6 Å². The lowest BCUT2D eigenvalue weighted by Gasteiger charge is -2.65. The minimum Gasteiger partial charge on any atom is -0.396 e. The van der Waals surface area contributed by atoms with Crippen LogP contribution >= 0.6 is 0 Å². The van der Waals surface area contributed by atoms with Crippen LogP contribution in [0, 0.1) is 5.92 Å². The number of amides is 1. The van der Waals surface area contributed by atoms with Gasteiger partial charge in [0, 0.05) is 44.8 Å². The zero-order chi connectivity index (χ0) is 18.4. The Kier molecular flexibility index (Phi) is 4.47. The highest BCUT2D eigenvalue weighted by atomic mass is 16.3. The van der Waals surface area contributed by atoms with Crippen molar-refractivity contribution in [2.75, 3.05) is 52.4 Å². The first-order valence-electron chi connectivity index (χ1n) is 10.5. The summed E-state index contributed by atoms with van der Waals surface area (Å²) in [5.41, 5.74) is 1.41. The highest BCUT2D eigenvalue weighted by Crippen LogP contribution is 2.40. The Morgan fingerprint density at radius 3 is 2.67 bits per heavy atom. The third-order valence-corrected chi connectivity index (χ3v) is 7.31. The van der Waals surface area contributed by atoms with E-state index in [0.29, 0.717) is 12.6 Å². The van der Waals surface area contributed by atoms with E-state index < -0.39 is 0 Å². The van der Waals surface area contributed by atoms with E-state index in [1.54, 1.807) is 0 Å². The van der Waals surface area contributed by atoms with Gasteiger partial charge in [-0.15, -0.1) is 0 Å². The number of piperazine rings is 2. The standard InChI is InChI=1S/C21H31N4O2/c26-14-7-18-15-23-10-9-22-8-4-12-25(16-17-5-2-1-3-6-17)13-11-24(21(18)27)19(23)20(22)25/h1-3,5-6,18-20,26H,4,7-16H2/q+1/t18-,19-,20+,25?/m1/s1. The Balaban J connectivity index is 1.49. The van der Waals surface area contributed by atoms with Gasteiger partial charge < -0.3 is 14.5 Å². The minimum atomic E-state index is -0.0319. The van der Waals surface area contributed by atoms with Crippen LogP contribution < -0.4 is 0 Å². The number of hydrogen-bond donors (Lipinski definition) is 1. The molecule has 6 heteroatoms. The lowest BCUT2D eigenvalue weighted by molar-refractivity contribution is -0.989. The molecule has 0 bridgehead atoms. The first-order valence-corrected chi connectivity index (χ1v) is 10.5. The molecule has 4 aliphatic rings. The van der Waals surface area contributed by atoms with Crippen molar-refractivity contribution in [3.63, 3.8) is 0 Å². The number of quaternary nitrogens is 1. The number of aliphatic hydroxyl groups excluding tert-OH is 1. The molecule has 4 saturated heterocycles. The number of aliphatic hydroxyl groups is 1. The van der Waals surface area contributed by atoms with Crippen molar-refractivity contribution in [3.8, 4) is 0 Å². The molecule has 0 spiro atoms. The maximum Gasteiger partial charge on any atom is 0.228 e. The molecule has 6 nitrogen and oxygen atoms in total. The van der Waals surface area contributed by atoms with Crippen LogP contribution in [-0.2, 0) is 11.3 Å². The predicted molar refractivity (Wildman–Crippen MR) is 102 cm³/mol. The molecule has 146 valence electrons. The number of benzene rings is 1. The lowest BCUT2D eigenvalue weighted by atomic mass is 9.91. The van der Waals surface area contributed by atoms with Gasteiger partial charge in [-0.1, -0.05) is 30.3 Å². The molecule has 1 aromatic rings. The Labute approximate surface area is 161 Å². The maximum atomic E-state index is 13.1. The first-order chi connectivity index (χ1) is 13.2. The van der Waals surface area contributed by atoms with Gasteiger partial charge in [-0.3, -0.25) is 9.69 Å². The highest BCUT2D eigenvalue weighted by molar-refractivity contribution is 5.80. The molecular formula is C21H31N4O2+. The average molecular weight is 372 g/mol. The molecule has 4 aliphatic heterocycles. The van der Waals surface area contributed by atoms with Gasteiger partial charge in [-0.2, -0.15) is 0 Å². The van der Waals surface area contributed by atoms with Gasteiger partial charge in [0.2, 0.25) is 5.91 Å². The summed E-state index contributed by atoms with van der Waals surface area (Å²) in [7, 11) is 0. The third kappa shape index (κ3) is 2.81. The molecule has 1 aromatic carbocycles. The monoisotopic (exact) mass is 371 g/mol. The quantitative estimate of drug-likeness (QED) is 0.785. The van der Waals surface area contributed by atoms with Gasteiger partial charge in [-0.25, -0.2) is 4.90 Å². The fourth-order valence-corrected chi connectivity index (χ4v) is 6.14. The fourth-order valence-electron chi connectivity index (χ4n) is 6.14. The van der Waals surface area contributed by atoms with Crippen LogP contribution in [0.4, 0.5) is 0 Å². The smallest absolute Gasteiger partial charge is 0.228 e. The number of carbonyl (C=O) groups excluding carboxylic acids is 1. The molecule has 27 heavy (non-hydrogen) atoms. The SMILES string of the molecule is O=C1[C@H](CCO)CN2CCN3CCC[N+]4(Cc5ccccc5)CCN1[C@@H]2[C@@H]34. The Morgan fingerprint density at radius 1 is 1.04 bits per heavy atom. The van der Waals surface area contributed by atoms with E-state index >= 15 is 0 Å². The van der Waals surface area contributed by atoms with Gasteiger partial charge in [0.15, 0.2) is 12.3 Å². The summed E-state index contributed by atoms with van der Waals surface area (Å²) in [5, 5.41) is 9.39. The highest BCUT2D eigenvalue weighted by Gasteiger charge is 2.60. The minimum absolute atomic E-state index is 0.0319. The number of rotatable bonds is 4. The van der Waals surface area contributed by atoms with E-state index in [0.717, 1.165) is 50.3 Å². The van der Waals surface area contributed by atoms with Gasteiger partial charge in [0.1, 0.15) is 6.54 Å². The second-order valence-corrected chi connectivity index (χ2v) is 8.76. The van der Waals surface area contributed by atoms with Crippen molar-refractivity contribution < 1.29 is 14.4 Å². The molecular weight excluding hydrogens is 340 g/mol. The molecule has 4 heterocycles. The fraction of sp³-hybridized carbons (Fsp3) is 0.667. The van der Waals surface area contributed by atoms with Gasteiger partial charge in [0.25, 0.3) is 0 Å². The molecule has 4 atom stereocenters. The zero-order valence-corrected chi connectivity index (χ0v) is 16.0. The number of nitrogens with zero attached hydrogens (tertiary/aromatic N) is 4. The molecule has 5 rings (SSSR count). The second kappa shape index (κ2) is 6.85. The Bertz CT molecular complexity index is 699. The van der Waals surface area contributed by atoms with Gasteiger partial charge in [0.05, 0.1) is 25.6 Å². The first kappa shape index (κ1) is 17.6. The lowest BCUT2D eigenvalue weighted by Crippen LogP contribution is -2.84. The van der Waals surface area contributed by atoms with E-state index in [1.165, 1.54) is 18.5 Å². The van der Waals surface area contributed by atoms with E-state index in [9.17, 15) is 9.90 Å². The summed E-state index contributed by atoms with van der Waals surface area (Å²) in [6.45, 7) is 8.38. The summed E-state index contributed by atoms with van der Waals surface area (Å²) in [6, 6.07) is 10.9. The largest absolute Gasteiger partial charge is 0.396 e. The van der Waals surface area contributed by atoms with Crippen molar-refractivity contribution in [2.24, 2.45) is 5.92 Å². The van der Waals surface area contributed by atoms with E-state index in [4.69, 9.17) is 0 Å². The van der Waals surface area contributed by atoms with Crippen LogP contribution in [0.5, 0.6) is 0 Å². The molecule has 1 amide bonds. The van der Waals surface area contributed by atoms with Crippen molar-refractivity contribution >= 4 is 5.91 Å². The van der Waals surface area contributed by atoms with Crippen LogP contribution in [-0.4, -0.2) is 94.9 Å². The normalized spacial score (nSPS) is 36.6. The summed E-state index contributed by atoms with van der Waals surface area (Å²) in [5.74, 6) is 0.241. The van der Waals surface area contributed by atoms with Crippen LogP contribution in [0.25, 0.3) is 0 Å². The van der Waals surface area contributed by atoms with Crippen LogP contribution in [0.3, 0.4) is 0 Å². The topological polar surface area (TPSA) is 47.0 Å². The molecule has 0 saturated carbocycles. The summed E-state index contributed by atoms with van der Waals surface area (Å²) in [6.07, 6.45) is 2.44. The van der Waals surface area contributed by atoms with Gasteiger partial charge >= 0.3 is 0 Å². The molecule has 1 N–H and O–H groups in total. The van der Waals surface area contributed by atoms with Crippen molar-refractivity contribution in [1.29, 1.82) is 0 Å². The van der Waals surface area contributed by atoms with Crippen molar-refractivity contribution in [3.05, 3.63) is 35.9 Å².